The van der Waals surface area contributed by atoms with Crippen LogP contribution in [0.4, 0.5) is 5.69 Å². The average Bonchev–Trinajstić information content (AvgIpc) is 2.75. The van der Waals surface area contributed by atoms with Crippen molar-refractivity contribution < 1.29 is 9.53 Å². The molecule has 5 nitrogen and oxygen atoms in total. The van der Waals surface area contributed by atoms with E-state index in [0.717, 1.165) is 29.7 Å². The standard InChI is InChI=1S/C24H23I2N3O2/c1-16-8-9-20(10-17(16)2)27-14-23(30)29-28-13-19-11-21(25)24(22(26)12-19)31-15-18-6-4-3-5-7-18/h3-13,27H,14-15H2,1-2H3,(H,29,30)/b28-13-. The Labute approximate surface area is 209 Å². The number of hydrogen-bond donors (Lipinski definition) is 2. The van der Waals surface area contributed by atoms with E-state index in [0.29, 0.717) is 6.61 Å². The van der Waals surface area contributed by atoms with E-state index >= 15 is 0 Å². The highest BCUT2D eigenvalue weighted by Gasteiger charge is 2.09. The third-order valence-electron chi connectivity index (χ3n) is 4.61. The van der Waals surface area contributed by atoms with Gasteiger partial charge in [-0.05, 0) is 106 Å². The Morgan fingerprint density at radius 3 is 2.39 bits per heavy atom. The van der Waals surface area contributed by atoms with Gasteiger partial charge < -0.3 is 10.1 Å². The predicted octanol–water partition coefficient (Wildman–Crippen LogP) is 5.65. The smallest absolute Gasteiger partial charge is 0.259 e. The molecule has 0 aromatic heterocycles. The summed E-state index contributed by atoms with van der Waals surface area (Å²) in [4.78, 5) is 12.1. The third kappa shape index (κ3) is 7.20. The summed E-state index contributed by atoms with van der Waals surface area (Å²) in [7, 11) is 0. The number of carbonyl (C=O) groups excluding carboxylic acids is 1. The Bertz CT molecular complexity index is 1060. The first-order valence-electron chi connectivity index (χ1n) is 9.71. The van der Waals surface area contributed by atoms with E-state index in [2.05, 4.69) is 67.9 Å². The molecule has 3 aromatic carbocycles. The van der Waals surface area contributed by atoms with Crippen LogP contribution in [0.25, 0.3) is 0 Å². The highest BCUT2D eigenvalue weighted by atomic mass is 127. The molecule has 0 heterocycles. The van der Waals surface area contributed by atoms with Gasteiger partial charge in [0.05, 0.1) is 19.9 Å². The zero-order chi connectivity index (χ0) is 22.2. The minimum atomic E-state index is -0.207. The minimum absolute atomic E-state index is 0.154. The van der Waals surface area contributed by atoms with Crippen molar-refractivity contribution in [3.63, 3.8) is 0 Å². The van der Waals surface area contributed by atoms with Gasteiger partial charge in [-0.15, -0.1) is 0 Å². The van der Waals surface area contributed by atoms with Gasteiger partial charge in [0.15, 0.2) is 0 Å². The quantitative estimate of drug-likeness (QED) is 0.190. The van der Waals surface area contributed by atoms with Crippen LogP contribution in [0.1, 0.15) is 22.3 Å². The lowest BCUT2D eigenvalue weighted by molar-refractivity contribution is -0.119. The second kappa shape index (κ2) is 11.5. The lowest BCUT2D eigenvalue weighted by Crippen LogP contribution is -2.25. The number of hydrazone groups is 1. The van der Waals surface area contributed by atoms with Crippen molar-refractivity contribution in [2.24, 2.45) is 5.10 Å². The van der Waals surface area contributed by atoms with Gasteiger partial charge in [0, 0.05) is 5.69 Å². The van der Waals surface area contributed by atoms with E-state index in [1.807, 2.05) is 67.6 Å². The van der Waals surface area contributed by atoms with E-state index in [1.165, 1.54) is 11.1 Å². The summed E-state index contributed by atoms with van der Waals surface area (Å²) in [6.45, 7) is 4.78. The molecule has 3 rings (SSSR count). The molecule has 31 heavy (non-hydrogen) atoms. The molecule has 3 aromatic rings. The molecule has 0 aliphatic carbocycles. The van der Waals surface area contributed by atoms with Crippen LogP contribution in [0.5, 0.6) is 5.75 Å². The third-order valence-corrected chi connectivity index (χ3v) is 6.21. The molecule has 0 saturated heterocycles. The summed E-state index contributed by atoms with van der Waals surface area (Å²) in [5, 5.41) is 7.19. The molecule has 2 N–H and O–H groups in total. The number of aryl methyl sites for hydroxylation is 2. The van der Waals surface area contributed by atoms with Crippen molar-refractivity contribution in [3.05, 3.63) is 90.1 Å². The van der Waals surface area contributed by atoms with Crippen LogP contribution in [0.3, 0.4) is 0 Å². The van der Waals surface area contributed by atoms with Gasteiger partial charge in [0.1, 0.15) is 12.4 Å². The van der Waals surface area contributed by atoms with Crippen molar-refractivity contribution in [2.45, 2.75) is 20.5 Å². The van der Waals surface area contributed by atoms with Gasteiger partial charge in [-0.25, -0.2) is 5.43 Å². The summed E-state index contributed by atoms with van der Waals surface area (Å²) >= 11 is 4.51. The molecule has 7 heteroatoms. The summed E-state index contributed by atoms with van der Waals surface area (Å²) in [5.74, 6) is 0.644. The fraction of sp³-hybridized carbons (Fsp3) is 0.167. The normalized spacial score (nSPS) is 10.8. The van der Waals surface area contributed by atoms with Crippen LogP contribution < -0.4 is 15.5 Å². The molecule has 0 fully saturated rings. The number of halogens is 2. The number of hydrogen-bond acceptors (Lipinski definition) is 4. The van der Waals surface area contributed by atoms with Crippen molar-refractivity contribution in [1.82, 2.24) is 5.43 Å². The molecule has 160 valence electrons. The number of nitrogens with zero attached hydrogens (tertiary/aromatic N) is 1. The number of rotatable bonds is 8. The Hall–Kier alpha value is -2.14. The molecule has 0 aliphatic heterocycles. The van der Waals surface area contributed by atoms with Gasteiger partial charge in [-0.1, -0.05) is 36.4 Å². The molecule has 0 saturated carbocycles. The average molecular weight is 639 g/mol. The lowest BCUT2D eigenvalue weighted by atomic mass is 10.1. The molecule has 0 spiro atoms. The topological polar surface area (TPSA) is 62.7 Å². The van der Waals surface area contributed by atoms with E-state index < -0.39 is 0 Å². The van der Waals surface area contributed by atoms with Gasteiger partial charge in [-0.3, -0.25) is 4.79 Å². The second-order valence-electron chi connectivity index (χ2n) is 7.03. The summed E-state index contributed by atoms with van der Waals surface area (Å²) in [6.07, 6.45) is 1.64. The number of nitrogens with one attached hydrogen (secondary N) is 2. The molecule has 0 atom stereocenters. The first-order chi connectivity index (χ1) is 14.9. The Morgan fingerprint density at radius 2 is 1.71 bits per heavy atom. The maximum Gasteiger partial charge on any atom is 0.259 e. The summed E-state index contributed by atoms with van der Waals surface area (Å²) in [5.41, 5.74) is 7.89. The largest absolute Gasteiger partial charge is 0.487 e. The minimum Gasteiger partial charge on any atom is -0.487 e. The van der Waals surface area contributed by atoms with E-state index in [4.69, 9.17) is 4.74 Å². The molecular weight excluding hydrogens is 616 g/mol. The van der Waals surface area contributed by atoms with Crippen molar-refractivity contribution in [1.29, 1.82) is 0 Å². The van der Waals surface area contributed by atoms with Gasteiger partial charge >= 0.3 is 0 Å². The number of carbonyl (C=O) groups is 1. The van der Waals surface area contributed by atoms with Crippen LogP contribution in [-0.4, -0.2) is 18.7 Å². The maximum absolute atomic E-state index is 12.1. The van der Waals surface area contributed by atoms with Crippen LogP contribution in [0.15, 0.2) is 65.8 Å². The van der Waals surface area contributed by atoms with Crippen molar-refractivity contribution in [3.8, 4) is 5.75 Å². The first kappa shape index (κ1) is 23.5. The highest BCUT2D eigenvalue weighted by molar-refractivity contribution is 14.1. The number of benzene rings is 3. The number of amides is 1. The van der Waals surface area contributed by atoms with Crippen LogP contribution >= 0.6 is 45.2 Å². The highest BCUT2D eigenvalue weighted by Crippen LogP contribution is 2.29. The Balaban J connectivity index is 1.53. The molecule has 0 unspecified atom stereocenters. The van der Waals surface area contributed by atoms with Gasteiger partial charge in [0.2, 0.25) is 0 Å². The second-order valence-corrected chi connectivity index (χ2v) is 9.36. The summed E-state index contributed by atoms with van der Waals surface area (Å²) in [6, 6.07) is 20.0. The monoisotopic (exact) mass is 639 g/mol. The van der Waals surface area contributed by atoms with Crippen LogP contribution in [0.2, 0.25) is 0 Å². The number of anilines is 1. The summed E-state index contributed by atoms with van der Waals surface area (Å²) < 4.78 is 7.98. The molecule has 0 bridgehead atoms. The number of ether oxygens (including phenoxy) is 1. The zero-order valence-electron chi connectivity index (χ0n) is 17.3. The SMILES string of the molecule is Cc1ccc(NCC(=O)N/N=C\c2cc(I)c(OCc3ccccc3)c(I)c2)cc1C. The Kier molecular flexibility index (Phi) is 8.70. The molecule has 1 amide bonds. The van der Waals surface area contributed by atoms with Gasteiger partial charge in [0.25, 0.3) is 5.91 Å². The molecule has 0 aliphatic rings. The first-order valence-corrected chi connectivity index (χ1v) is 11.9. The van der Waals surface area contributed by atoms with Gasteiger partial charge in [-0.2, -0.15) is 5.10 Å². The zero-order valence-corrected chi connectivity index (χ0v) is 21.6. The van der Waals surface area contributed by atoms with Crippen molar-refractivity contribution in [2.75, 3.05) is 11.9 Å². The predicted molar refractivity (Wildman–Crippen MR) is 143 cm³/mol. The van der Waals surface area contributed by atoms with Crippen molar-refractivity contribution >= 4 is 63.0 Å². The van der Waals surface area contributed by atoms with E-state index in [9.17, 15) is 4.79 Å². The van der Waals surface area contributed by atoms with Crippen LogP contribution in [0, 0.1) is 21.0 Å². The fourth-order valence-electron chi connectivity index (χ4n) is 2.77. The molecule has 0 radical (unpaired) electrons. The fourth-order valence-corrected chi connectivity index (χ4v) is 4.90. The van der Waals surface area contributed by atoms with E-state index in [1.54, 1.807) is 6.21 Å². The molecular formula is C24H23I2N3O2. The lowest BCUT2D eigenvalue weighted by Gasteiger charge is -2.11. The maximum atomic E-state index is 12.1. The Morgan fingerprint density at radius 1 is 1.00 bits per heavy atom. The van der Waals surface area contributed by atoms with E-state index in [-0.39, 0.29) is 12.5 Å². The van der Waals surface area contributed by atoms with Crippen LogP contribution in [-0.2, 0) is 11.4 Å².